The molecule has 0 saturated carbocycles. The molecule has 1 N–H and O–H groups in total. The van der Waals surface area contributed by atoms with Crippen molar-refractivity contribution in [3.63, 3.8) is 0 Å². The molecule has 0 amide bonds. The number of hydrogen-bond donors (Lipinski definition) is 1. The van der Waals surface area contributed by atoms with E-state index in [4.69, 9.17) is 0 Å². The number of rotatable bonds is 3. The first-order chi connectivity index (χ1) is 11.6. The molecule has 2 aromatic heterocycles. The molecule has 0 aliphatic heterocycles. The maximum absolute atomic E-state index is 10.9. The first-order valence-electron chi connectivity index (χ1n) is 7.44. The molecule has 8 heteroatoms. The van der Waals surface area contributed by atoms with E-state index in [9.17, 15) is 10.1 Å². The van der Waals surface area contributed by atoms with Crippen LogP contribution in [0.25, 0.3) is 10.6 Å². The highest BCUT2D eigenvalue weighted by Crippen LogP contribution is 2.36. The molecule has 0 saturated heterocycles. The lowest BCUT2D eigenvalue weighted by Gasteiger charge is -2.15. The Balaban J connectivity index is 1.69. The summed E-state index contributed by atoms with van der Waals surface area (Å²) in [5, 5.41) is 14.9. The summed E-state index contributed by atoms with van der Waals surface area (Å²) in [6, 6.07) is 6.29. The van der Waals surface area contributed by atoms with Crippen LogP contribution < -0.4 is 5.32 Å². The van der Waals surface area contributed by atoms with Crippen LogP contribution >= 0.6 is 11.3 Å². The second-order valence-electron chi connectivity index (χ2n) is 5.51. The van der Waals surface area contributed by atoms with Gasteiger partial charge in [0.05, 0.1) is 26.2 Å². The molecule has 1 aliphatic rings. The van der Waals surface area contributed by atoms with Crippen LogP contribution in [0.5, 0.6) is 0 Å². The molecule has 120 valence electrons. The van der Waals surface area contributed by atoms with Gasteiger partial charge in [-0.3, -0.25) is 10.1 Å². The van der Waals surface area contributed by atoms with Crippen LogP contribution in [-0.2, 0) is 12.8 Å². The third-order valence-electron chi connectivity index (χ3n) is 3.83. The molecule has 0 spiro atoms. The highest BCUT2D eigenvalue weighted by molar-refractivity contribution is 7.15. The quantitative estimate of drug-likeness (QED) is 0.578. The van der Waals surface area contributed by atoms with E-state index in [1.54, 1.807) is 23.5 Å². The van der Waals surface area contributed by atoms with Crippen molar-refractivity contribution in [2.75, 3.05) is 5.32 Å². The number of nitrogens with zero attached hydrogens (tertiary/aromatic N) is 4. The van der Waals surface area contributed by atoms with E-state index in [1.807, 2.05) is 13.1 Å². The Labute approximate surface area is 141 Å². The minimum atomic E-state index is -0.425. The van der Waals surface area contributed by atoms with E-state index in [-0.39, 0.29) is 5.69 Å². The summed E-state index contributed by atoms with van der Waals surface area (Å²) in [5.41, 5.74) is 3.71. The smallest absolute Gasteiger partial charge is 0.271 e. The van der Waals surface area contributed by atoms with Crippen molar-refractivity contribution >= 4 is 28.7 Å². The third-order valence-corrected chi connectivity index (χ3v) is 4.85. The standard InChI is InChI=1S/C16H13N5O2S/c1-9-18-13-6-5-10-8-17-16(20-14(10)15(13)24-9)19-11-3-2-4-12(7-11)21(22)23/h2-4,7-8H,5-6H2,1H3,(H,17,19,20). The summed E-state index contributed by atoms with van der Waals surface area (Å²) in [5.74, 6) is 0.424. The second-order valence-corrected chi connectivity index (χ2v) is 6.71. The van der Waals surface area contributed by atoms with Crippen LogP contribution in [0.1, 0.15) is 16.3 Å². The lowest BCUT2D eigenvalue weighted by molar-refractivity contribution is -0.384. The summed E-state index contributed by atoms with van der Waals surface area (Å²) in [4.78, 5) is 25.1. The largest absolute Gasteiger partial charge is 0.324 e. The van der Waals surface area contributed by atoms with Gasteiger partial charge in [-0.1, -0.05) is 6.07 Å². The van der Waals surface area contributed by atoms with Gasteiger partial charge in [0, 0.05) is 24.0 Å². The van der Waals surface area contributed by atoms with Gasteiger partial charge >= 0.3 is 0 Å². The van der Waals surface area contributed by atoms with Crippen molar-refractivity contribution in [1.82, 2.24) is 15.0 Å². The van der Waals surface area contributed by atoms with Crippen LogP contribution in [0.2, 0.25) is 0 Å². The number of non-ortho nitro benzene ring substituents is 1. The van der Waals surface area contributed by atoms with Crippen molar-refractivity contribution in [2.45, 2.75) is 19.8 Å². The topological polar surface area (TPSA) is 93.8 Å². The Kier molecular flexibility index (Phi) is 3.46. The maximum Gasteiger partial charge on any atom is 0.271 e. The zero-order valence-electron chi connectivity index (χ0n) is 12.8. The fourth-order valence-corrected chi connectivity index (χ4v) is 3.74. The molecule has 0 unspecified atom stereocenters. The van der Waals surface area contributed by atoms with Gasteiger partial charge in [0.1, 0.15) is 0 Å². The Morgan fingerprint density at radius 3 is 3.00 bits per heavy atom. The number of nitrogens with one attached hydrogen (secondary N) is 1. The molecular formula is C16H13N5O2S. The van der Waals surface area contributed by atoms with Crippen LogP contribution in [0.15, 0.2) is 30.5 Å². The lowest BCUT2D eigenvalue weighted by Crippen LogP contribution is -2.07. The van der Waals surface area contributed by atoms with Gasteiger partial charge in [-0.25, -0.2) is 15.0 Å². The number of benzene rings is 1. The number of aromatic nitrogens is 3. The summed E-state index contributed by atoms with van der Waals surface area (Å²) in [7, 11) is 0. The molecule has 2 heterocycles. The summed E-state index contributed by atoms with van der Waals surface area (Å²) in [6.45, 7) is 1.99. The number of nitro benzene ring substituents is 1. The Hall–Kier alpha value is -2.87. The molecule has 4 rings (SSSR count). The molecule has 0 fully saturated rings. The zero-order chi connectivity index (χ0) is 16.7. The number of thiazole rings is 1. The number of fused-ring (bicyclic) bond motifs is 3. The first kappa shape index (κ1) is 14.7. The van der Waals surface area contributed by atoms with Gasteiger partial charge < -0.3 is 5.32 Å². The fourth-order valence-electron chi connectivity index (χ4n) is 2.75. The number of hydrogen-bond acceptors (Lipinski definition) is 7. The molecule has 1 aliphatic carbocycles. The Morgan fingerprint density at radius 1 is 1.29 bits per heavy atom. The van der Waals surface area contributed by atoms with Crippen LogP contribution in [0.3, 0.4) is 0 Å². The van der Waals surface area contributed by atoms with E-state index in [2.05, 4.69) is 20.3 Å². The van der Waals surface area contributed by atoms with Crippen molar-refractivity contribution in [1.29, 1.82) is 0 Å². The molecule has 1 aromatic carbocycles. The SMILES string of the molecule is Cc1nc2c(s1)-c1nc(Nc3cccc([N+](=O)[O-])c3)ncc1CC2. The molecule has 0 atom stereocenters. The van der Waals surface area contributed by atoms with E-state index in [1.165, 1.54) is 12.1 Å². The van der Waals surface area contributed by atoms with Gasteiger partial charge in [0.2, 0.25) is 5.95 Å². The summed E-state index contributed by atoms with van der Waals surface area (Å²) < 4.78 is 0. The molecule has 3 aromatic rings. The monoisotopic (exact) mass is 339 g/mol. The molecule has 7 nitrogen and oxygen atoms in total. The van der Waals surface area contributed by atoms with Gasteiger partial charge in [-0.2, -0.15) is 0 Å². The highest BCUT2D eigenvalue weighted by Gasteiger charge is 2.22. The van der Waals surface area contributed by atoms with Crippen molar-refractivity contribution in [3.05, 3.63) is 56.8 Å². The van der Waals surface area contributed by atoms with E-state index in [0.717, 1.165) is 39.7 Å². The zero-order valence-corrected chi connectivity index (χ0v) is 13.6. The molecule has 0 bridgehead atoms. The summed E-state index contributed by atoms with van der Waals surface area (Å²) in [6.07, 6.45) is 3.61. The van der Waals surface area contributed by atoms with Crippen molar-refractivity contribution in [3.8, 4) is 10.6 Å². The second kappa shape index (κ2) is 5.64. The fraction of sp³-hybridized carbons (Fsp3) is 0.188. The lowest BCUT2D eigenvalue weighted by atomic mass is 10.00. The normalized spacial score (nSPS) is 12.4. The Bertz CT molecular complexity index is 953. The molecule has 24 heavy (non-hydrogen) atoms. The summed E-state index contributed by atoms with van der Waals surface area (Å²) >= 11 is 1.64. The minimum Gasteiger partial charge on any atom is -0.324 e. The molecular weight excluding hydrogens is 326 g/mol. The predicted molar refractivity (Wildman–Crippen MR) is 91.7 cm³/mol. The van der Waals surface area contributed by atoms with Gasteiger partial charge in [0.25, 0.3) is 5.69 Å². The average Bonchev–Trinajstić information content (AvgIpc) is 2.96. The van der Waals surface area contributed by atoms with Crippen LogP contribution in [0, 0.1) is 17.0 Å². The van der Waals surface area contributed by atoms with E-state index < -0.39 is 4.92 Å². The van der Waals surface area contributed by atoms with E-state index >= 15 is 0 Å². The minimum absolute atomic E-state index is 0.0262. The predicted octanol–water partition coefficient (Wildman–Crippen LogP) is 3.66. The first-order valence-corrected chi connectivity index (χ1v) is 8.26. The average molecular weight is 339 g/mol. The van der Waals surface area contributed by atoms with Gasteiger partial charge in [-0.05, 0) is 31.4 Å². The van der Waals surface area contributed by atoms with Crippen molar-refractivity contribution in [2.24, 2.45) is 0 Å². The number of nitro groups is 1. The Morgan fingerprint density at radius 2 is 2.17 bits per heavy atom. The van der Waals surface area contributed by atoms with Gasteiger partial charge in [-0.15, -0.1) is 11.3 Å². The molecule has 0 radical (unpaired) electrons. The van der Waals surface area contributed by atoms with E-state index in [0.29, 0.717) is 11.6 Å². The van der Waals surface area contributed by atoms with Crippen LogP contribution in [-0.4, -0.2) is 19.9 Å². The number of aryl methyl sites for hydroxylation is 3. The van der Waals surface area contributed by atoms with Crippen LogP contribution in [0.4, 0.5) is 17.3 Å². The van der Waals surface area contributed by atoms with Gasteiger partial charge in [0.15, 0.2) is 0 Å². The van der Waals surface area contributed by atoms with Crippen molar-refractivity contribution < 1.29 is 4.92 Å². The maximum atomic E-state index is 10.9. The highest BCUT2D eigenvalue weighted by atomic mass is 32.1. The third kappa shape index (κ3) is 2.61. The number of anilines is 2.